The Morgan fingerprint density at radius 3 is 2.80 bits per heavy atom. The van der Waals surface area contributed by atoms with Gasteiger partial charge < -0.3 is 10.1 Å². The molecule has 1 amide bonds. The van der Waals surface area contributed by atoms with Crippen molar-refractivity contribution in [1.82, 2.24) is 9.97 Å². The molecule has 0 saturated heterocycles. The van der Waals surface area contributed by atoms with Gasteiger partial charge in [0.15, 0.2) is 5.69 Å². The molecule has 2 rings (SSSR count). The summed E-state index contributed by atoms with van der Waals surface area (Å²) in [4.78, 5) is 20.1. The lowest BCUT2D eigenvalue weighted by molar-refractivity contribution is 0.102. The van der Waals surface area contributed by atoms with Crippen molar-refractivity contribution in [2.75, 3.05) is 12.4 Å². The van der Waals surface area contributed by atoms with E-state index >= 15 is 0 Å². The number of aryl methyl sites for hydroxylation is 1. The number of amides is 1. The van der Waals surface area contributed by atoms with Crippen LogP contribution in [0.15, 0.2) is 24.4 Å². The summed E-state index contributed by atoms with van der Waals surface area (Å²) in [5.41, 5.74) is 0.540. The second kappa shape index (κ2) is 6.07. The largest absolute Gasteiger partial charge is 0.495 e. The molecule has 0 saturated carbocycles. The molecule has 0 aliphatic rings. The molecular formula is C13H11Cl2N3O2. The summed E-state index contributed by atoms with van der Waals surface area (Å²) in [7, 11) is 1.50. The number of carbonyl (C=O) groups is 1. The molecule has 0 spiro atoms. The number of ether oxygens (including phenoxy) is 1. The van der Waals surface area contributed by atoms with Crippen molar-refractivity contribution in [3.8, 4) is 5.75 Å². The van der Waals surface area contributed by atoms with E-state index in [1.54, 1.807) is 25.1 Å². The number of methoxy groups -OCH3 is 1. The lowest BCUT2D eigenvalue weighted by Gasteiger charge is -2.10. The van der Waals surface area contributed by atoms with E-state index in [9.17, 15) is 4.79 Å². The van der Waals surface area contributed by atoms with Crippen LogP contribution in [0.5, 0.6) is 5.75 Å². The minimum atomic E-state index is -0.457. The quantitative estimate of drug-likeness (QED) is 0.944. The van der Waals surface area contributed by atoms with Gasteiger partial charge in [-0.05, 0) is 25.1 Å². The summed E-state index contributed by atoms with van der Waals surface area (Å²) in [6.45, 7) is 1.67. The second-order valence-corrected chi connectivity index (χ2v) is 4.76. The predicted molar refractivity (Wildman–Crippen MR) is 77.7 cm³/mol. The molecular weight excluding hydrogens is 301 g/mol. The van der Waals surface area contributed by atoms with Crippen LogP contribution in [-0.4, -0.2) is 23.0 Å². The predicted octanol–water partition coefficient (Wildman–Crippen LogP) is 3.35. The molecule has 0 aliphatic heterocycles. The lowest BCUT2D eigenvalue weighted by atomic mass is 10.2. The average molecular weight is 312 g/mol. The molecule has 1 aromatic carbocycles. The maximum atomic E-state index is 12.2. The molecule has 20 heavy (non-hydrogen) atoms. The molecule has 0 radical (unpaired) electrons. The Morgan fingerprint density at radius 1 is 1.35 bits per heavy atom. The van der Waals surface area contributed by atoms with Gasteiger partial charge in [0.2, 0.25) is 0 Å². The maximum absolute atomic E-state index is 12.2. The molecule has 0 unspecified atom stereocenters. The smallest absolute Gasteiger partial charge is 0.276 e. The fraction of sp³-hybridized carbons (Fsp3) is 0.154. The third-order valence-corrected chi connectivity index (χ3v) is 3.00. The number of hydrogen-bond acceptors (Lipinski definition) is 4. The van der Waals surface area contributed by atoms with Gasteiger partial charge in [0, 0.05) is 5.02 Å². The van der Waals surface area contributed by atoms with Crippen LogP contribution >= 0.6 is 23.2 Å². The standard InChI is InChI=1S/C13H11Cl2N3O2/c1-7-16-6-9(15)12(17-7)13(19)18-10-5-8(14)3-4-11(10)20-2/h3-6H,1-2H3,(H,18,19). The molecule has 2 aromatic rings. The number of carbonyl (C=O) groups excluding carboxylic acids is 1. The highest BCUT2D eigenvalue weighted by Crippen LogP contribution is 2.28. The Morgan fingerprint density at radius 2 is 2.10 bits per heavy atom. The van der Waals surface area contributed by atoms with E-state index in [2.05, 4.69) is 15.3 Å². The first-order valence-electron chi connectivity index (χ1n) is 5.65. The molecule has 5 nitrogen and oxygen atoms in total. The Labute approximate surface area is 125 Å². The van der Waals surface area contributed by atoms with Gasteiger partial charge in [0.05, 0.1) is 24.0 Å². The van der Waals surface area contributed by atoms with Gasteiger partial charge in [0.1, 0.15) is 11.6 Å². The highest BCUT2D eigenvalue weighted by atomic mass is 35.5. The fourth-order valence-corrected chi connectivity index (χ4v) is 1.92. The van der Waals surface area contributed by atoms with Crippen molar-refractivity contribution in [2.24, 2.45) is 0 Å². The summed E-state index contributed by atoms with van der Waals surface area (Å²) in [6.07, 6.45) is 1.38. The Kier molecular flexibility index (Phi) is 4.42. The molecule has 1 heterocycles. The summed E-state index contributed by atoms with van der Waals surface area (Å²) in [5, 5.41) is 3.32. The first-order valence-corrected chi connectivity index (χ1v) is 6.41. The van der Waals surface area contributed by atoms with Gasteiger partial charge in [-0.15, -0.1) is 0 Å². The summed E-state index contributed by atoms with van der Waals surface area (Å²) < 4.78 is 5.15. The Hall–Kier alpha value is -1.85. The van der Waals surface area contributed by atoms with Crippen molar-refractivity contribution in [3.63, 3.8) is 0 Å². The zero-order chi connectivity index (χ0) is 14.7. The van der Waals surface area contributed by atoms with Crippen LogP contribution in [-0.2, 0) is 0 Å². The molecule has 0 atom stereocenters. The summed E-state index contributed by atoms with van der Waals surface area (Å²) in [6, 6.07) is 4.91. The first-order chi connectivity index (χ1) is 9.51. The zero-order valence-electron chi connectivity index (χ0n) is 10.8. The highest BCUT2D eigenvalue weighted by Gasteiger charge is 2.15. The van der Waals surface area contributed by atoms with E-state index in [1.165, 1.54) is 13.3 Å². The van der Waals surface area contributed by atoms with Gasteiger partial charge in [-0.2, -0.15) is 0 Å². The zero-order valence-corrected chi connectivity index (χ0v) is 12.3. The van der Waals surface area contributed by atoms with Gasteiger partial charge in [-0.25, -0.2) is 9.97 Å². The third kappa shape index (κ3) is 3.18. The van der Waals surface area contributed by atoms with Crippen LogP contribution in [0.3, 0.4) is 0 Å². The number of benzene rings is 1. The van der Waals surface area contributed by atoms with Crippen LogP contribution in [0.2, 0.25) is 10.0 Å². The number of halogens is 2. The molecule has 0 fully saturated rings. The number of hydrogen-bond donors (Lipinski definition) is 1. The molecule has 0 bridgehead atoms. The van der Waals surface area contributed by atoms with Crippen LogP contribution < -0.4 is 10.1 Å². The van der Waals surface area contributed by atoms with Crippen molar-refractivity contribution in [1.29, 1.82) is 0 Å². The normalized spacial score (nSPS) is 10.2. The van der Waals surface area contributed by atoms with E-state index < -0.39 is 5.91 Å². The van der Waals surface area contributed by atoms with Crippen LogP contribution in [0.1, 0.15) is 16.3 Å². The monoisotopic (exact) mass is 311 g/mol. The lowest BCUT2D eigenvalue weighted by Crippen LogP contribution is -2.16. The van der Waals surface area contributed by atoms with E-state index in [0.29, 0.717) is 22.3 Å². The van der Waals surface area contributed by atoms with Crippen molar-refractivity contribution < 1.29 is 9.53 Å². The molecule has 1 aromatic heterocycles. The highest BCUT2D eigenvalue weighted by molar-refractivity contribution is 6.34. The van der Waals surface area contributed by atoms with E-state index in [4.69, 9.17) is 27.9 Å². The van der Waals surface area contributed by atoms with Crippen LogP contribution in [0.4, 0.5) is 5.69 Å². The van der Waals surface area contributed by atoms with Crippen molar-refractivity contribution >= 4 is 34.8 Å². The summed E-state index contributed by atoms with van der Waals surface area (Å²) in [5.74, 6) is 0.489. The molecule has 104 valence electrons. The topological polar surface area (TPSA) is 64.1 Å². The SMILES string of the molecule is COc1ccc(Cl)cc1NC(=O)c1nc(C)ncc1Cl. The number of rotatable bonds is 3. The second-order valence-electron chi connectivity index (χ2n) is 3.91. The van der Waals surface area contributed by atoms with E-state index in [0.717, 1.165) is 0 Å². The minimum Gasteiger partial charge on any atom is -0.495 e. The first kappa shape index (κ1) is 14.6. The van der Waals surface area contributed by atoms with Crippen LogP contribution in [0.25, 0.3) is 0 Å². The van der Waals surface area contributed by atoms with E-state index in [1.807, 2.05) is 0 Å². The van der Waals surface area contributed by atoms with Gasteiger partial charge in [0.25, 0.3) is 5.91 Å². The Bertz CT molecular complexity index is 662. The van der Waals surface area contributed by atoms with E-state index in [-0.39, 0.29) is 10.7 Å². The number of nitrogens with one attached hydrogen (secondary N) is 1. The Balaban J connectivity index is 2.32. The third-order valence-electron chi connectivity index (χ3n) is 2.49. The minimum absolute atomic E-state index is 0.0983. The number of aromatic nitrogens is 2. The van der Waals surface area contributed by atoms with Crippen LogP contribution in [0, 0.1) is 6.92 Å². The number of anilines is 1. The van der Waals surface area contributed by atoms with Gasteiger partial charge in [-0.1, -0.05) is 23.2 Å². The molecule has 7 heteroatoms. The molecule has 1 N–H and O–H groups in total. The van der Waals surface area contributed by atoms with Crippen molar-refractivity contribution in [3.05, 3.63) is 46.0 Å². The van der Waals surface area contributed by atoms with Gasteiger partial charge >= 0.3 is 0 Å². The molecule has 0 aliphatic carbocycles. The van der Waals surface area contributed by atoms with Gasteiger partial charge in [-0.3, -0.25) is 4.79 Å². The van der Waals surface area contributed by atoms with Crippen molar-refractivity contribution in [2.45, 2.75) is 6.92 Å². The maximum Gasteiger partial charge on any atom is 0.276 e. The fourth-order valence-electron chi connectivity index (χ4n) is 1.57. The summed E-state index contributed by atoms with van der Waals surface area (Å²) >= 11 is 11.8. The number of nitrogens with zero attached hydrogens (tertiary/aromatic N) is 2. The average Bonchev–Trinajstić information content (AvgIpc) is 2.41.